The Morgan fingerprint density at radius 2 is 1.94 bits per heavy atom. The molecule has 0 saturated carbocycles. The average molecular weight is 496 g/mol. The number of carbonyl (C=O) groups excluding carboxylic acids is 1. The van der Waals surface area contributed by atoms with E-state index in [4.69, 9.17) is 22.1 Å². The molecule has 1 aliphatic heterocycles. The molecule has 0 radical (unpaired) electrons. The van der Waals surface area contributed by atoms with E-state index in [0.717, 1.165) is 24.9 Å². The summed E-state index contributed by atoms with van der Waals surface area (Å²) in [7, 11) is 0. The molecule has 0 spiro atoms. The lowest BCUT2D eigenvalue weighted by Crippen LogP contribution is -2.28. The summed E-state index contributed by atoms with van der Waals surface area (Å²) < 4.78 is 22.3. The predicted octanol–water partition coefficient (Wildman–Crippen LogP) is 6.47. The van der Waals surface area contributed by atoms with Crippen LogP contribution in [0.4, 0.5) is 4.39 Å². The highest BCUT2D eigenvalue weighted by Crippen LogP contribution is 2.35. The van der Waals surface area contributed by atoms with Gasteiger partial charge in [-0.1, -0.05) is 61.9 Å². The van der Waals surface area contributed by atoms with Crippen LogP contribution >= 0.6 is 24.0 Å². The van der Waals surface area contributed by atoms with Crippen molar-refractivity contribution >= 4 is 40.3 Å². The molecule has 176 valence electrons. The van der Waals surface area contributed by atoms with Crippen molar-refractivity contribution in [2.45, 2.75) is 33.1 Å². The molecule has 1 aliphatic rings. The predicted molar refractivity (Wildman–Crippen MR) is 140 cm³/mol. The highest BCUT2D eigenvalue weighted by Gasteiger charge is 2.32. The van der Waals surface area contributed by atoms with Gasteiger partial charge in [0.05, 0.1) is 17.2 Å². The number of benzene rings is 2. The number of rotatable bonds is 9. The fraction of sp³-hybridized carbons (Fsp3) is 0.269. The van der Waals surface area contributed by atoms with Gasteiger partial charge in [0.15, 0.2) is 11.6 Å². The number of aromatic nitrogens is 2. The summed E-state index contributed by atoms with van der Waals surface area (Å²) in [6, 6.07) is 14.4. The fourth-order valence-corrected chi connectivity index (χ4v) is 5.00. The number of unbranched alkanes of at least 4 members (excludes halogenated alkanes) is 2. The number of amides is 1. The summed E-state index contributed by atoms with van der Waals surface area (Å²) in [4.78, 5) is 15.3. The minimum absolute atomic E-state index is 0.0950. The highest BCUT2D eigenvalue weighted by molar-refractivity contribution is 8.26. The van der Waals surface area contributed by atoms with Crippen molar-refractivity contribution < 1.29 is 13.9 Å². The average Bonchev–Trinajstić information content (AvgIpc) is 3.37. The number of carbonyl (C=O) groups is 1. The van der Waals surface area contributed by atoms with Crippen LogP contribution < -0.4 is 4.74 Å². The van der Waals surface area contributed by atoms with Crippen LogP contribution in [0.1, 0.15) is 38.7 Å². The molecule has 2 aromatic carbocycles. The number of ether oxygens (including phenoxy) is 1. The van der Waals surface area contributed by atoms with Gasteiger partial charge in [0.1, 0.15) is 10.0 Å². The largest absolute Gasteiger partial charge is 0.491 e. The molecular weight excluding hydrogens is 469 g/mol. The van der Waals surface area contributed by atoms with E-state index in [1.807, 2.05) is 43.5 Å². The Morgan fingerprint density at radius 3 is 2.65 bits per heavy atom. The molecule has 2 heterocycles. The Balaban J connectivity index is 1.73. The summed E-state index contributed by atoms with van der Waals surface area (Å²) in [6.07, 6.45) is 6.69. The summed E-state index contributed by atoms with van der Waals surface area (Å²) in [5.41, 5.74) is 2.74. The molecule has 4 rings (SSSR count). The minimum atomic E-state index is -0.457. The summed E-state index contributed by atoms with van der Waals surface area (Å²) >= 11 is 6.76. The zero-order chi connectivity index (χ0) is 24.1. The molecule has 8 heteroatoms. The van der Waals surface area contributed by atoms with E-state index in [1.54, 1.807) is 27.8 Å². The fourth-order valence-electron chi connectivity index (χ4n) is 3.70. The molecule has 1 aromatic heterocycles. The second-order valence-corrected chi connectivity index (χ2v) is 9.51. The molecule has 0 atom stereocenters. The first-order valence-corrected chi connectivity index (χ1v) is 12.6. The van der Waals surface area contributed by atoms with Crippen molar-refractivity contribution in [3.8, 4) is 22.7 Å². The maximum atomic E-state index is 14.6. The van der Waals surface area contributed by atoms with Gasteiger partial charge in [0, 0.05) is 23.9 Å². The van der Waals surface area contributed by atoms with Crippen LogP contribution in [0.3, 0.4) is 0 Å². The van der Waals surface area contributed by atoms with Crippen molar-refractivity contribution in [3.05, 3.63) is 71.0 Å². The quantitative estimate of drug-likeness (QED) is 0.193. The topological polar surface area (TPSA) is 47.4 Å². The first-order valence-electron chi connectivity index (χ1n) is 11.3. The molecule has 0 unspecified atom stereocenters. The zero-order valence-electron chi connectivity index (χ0n) is 19.2. The molecule has 5 nitrogen and oxygen atoms in total. The Morgan fingerprint density at radius 1 is 1.15 bits per heavy atom. The van der Waals surface area contributed by atoms with Gasteiger partial charge < -0.3 is 4.74 Å². The van der Waals surface area contributed by atoms with Crippen molar-refractivity contribution in [1.82, 2.24) is 14.7 Å². The van der Waals surface area contributed by atoms with Crippen molar-refractivity contribution in [2.75, 3.05) is 13.2 Å². The van der Waals surface area contributed by atoms with E-state index in [-0.39, 0.29) is 11.7 Å². The summed E-state index contributed by atoms with van der Waals surface area (Å²) in [5, 5.41) is 4.73. The molecule has 0 bridgehead atoms. The minimum Gasteiger partial charge on any atom is -0.491 e. The standard InChI is InChI=1S/C26H26FN3O2S2/c1-3-5-9-14-29-25(31)23(34-26(29)33)16-19-17-30(20-10-7-6-8-11-20)28-24(19)18-12-13-22(32-4-2)21(27)15-18/h6-8,10-13,15-17H,3-5,9,14H2,1-2H3/b23-16-. The van der Waals surface area contributed by atoms with Gasteiger partial charge in [-0.2, -0.15) is 5.10 Å². The summed E-state index contributed by atoms with van der Waals surface area (Å²) in [6.45, 7) is 4.94. The van der Waals surface area contributed by atoms with Crippen LogP contribution in [0.15, 0.2) is 59.6 Å². The van der Waals surface area contributed by atoms with E-state index < -0.39 is 5.82 Å². The number of thiocarbonyl (C=S) groups is 1. The lowest BCUT2D eigenvalue weighted by atomic mass is 10.1. The Bertz CT molecular complexity index is 1220. The number of halogens is 1. The first kappa shape index (κ1) is 24.2. The van der Waals surface area contributed by atoms with Crippen LogP contribution in [0.25, 0.3) is 23.0 Å². The van der Waals surface area contributed by atoms with Crippen molar-refractivity contribution in [1.29, 1.82) is 0 Å². The summed E-state index contributed by atoms with van der Waals surface area (Å²) in [5.74, 6) is -0.354. The molecule has 1 fully saturated rings. The molecular formula is C26H26FN3O2S2. The third-order valence-corrected chi connectivity index (χ3v) is 6.79. The van der Waals surface area contributed by atoms with Crippen LogP contribution in [0.2, 0.25) is 0 Å². The lowest BCUT2D eigenvalue weighted by Gasteiger charge is -2.13. The molecule has 3 aromatic rings. The van der Waals surface area contributed by atoms with E-state index in [9.17, 15) is 9.18 Å². The zero-order valence-corrected chi connectivity index (χ0v) is 20.8. The second-order valence-electron chi connectivity index (χ2n) is 7.83. The highest BCUT2D eigenvalue weighted by atomic mass is 32.2. The maximum absolute atomic E-state index is 14.6. The lowest BCUT2D eigenvalue weighted by molar-refractivity contribution is -0.122. The molecule has 1 saturated heterocycles. The monoisotopic (exact) mass is 495 g/mol. The molecule has 0 N–H and O–H groups in total. The van der Waals surface area contributed by atoms with Gasteiger partial charge >= 0.3 is 0 Å². The van der Waals surface area contributed by atoms with E-state index in [1.165, 1.54) is 17.8 Å². The van der Waals surface area contributed by atoms with Gasteiger partial charge in [0.25, 0.3) is 5.91 Å². The number of para-hydroxylation sites is 1. The number of nitrogens with zero attached hydrogens (tertiary/aromatic N) is 3. The van der Waals surface area contributed by atoms with E-state index >= 15 is 0 Å². The van der Waals surface area contributed by atoms with E-state index in [2.05, 4.69) is 6.92 Å². The molecule has 34 heavy (non-hydrogen) atoms. The Labute approximate surface area is 208 Å². The molecule has 1 amide bonds. The second kappa shape index (κ2) is 11.0. The first-order chi connectivity index (χ1) is 16.5. The van der Waals surface area contributed by atoms with Gasteiger partial charge in [-0.05, 0) is 49.8 Å². The Kier molecular flexibility index (Phi) is 7.80. The molecule has 0 aliphatic carbocycles. The number of hydrogen-bond acceptors (Lipinski definition) is 5. The SMILES string of the molecule is CCCCCN1C(=O)/C(=C/c2cn(-c3ccccc3)nc2-c2ccc(OCC)c(F)c2)SC1=S. The van der Waals surface area contributed by atoms with Gasteiger partial charge in [0.2, 0.25) is 0 Å². The van der Waals surface area contributed by atoms with Gasteiger partial charge in [-0.15, -0.1) is 0 Å². The smallest absolute Gasteiger partial charge is 0.266 e. The number of thioether (sulfide) groups is 1. The maximum Gasteiger partial charge on any atom is 0.266 e. The van der Waals surface area contributed by atoms with Gasteiger partial charge in [-0.25, -0.2) is 9.07 Å². The third-order valence-electron chi connectivity index (χ3n) is 5.41. The van der Waals surface area contributed by atoms with Crippen molar-refractivity contribution in [2.24, 2.45) is 0 Å². The normalized spacial score (nSPS) is 14.9. The van der Waals surface area contributed by atoms with Gasteiger partial charge in [-0.3, -0.25) is 9.69 Å². The van der Waals surface area contributed by atoms with Crippen molar-refractivity contribution in [3.63, 3.8) is 0 Å². The third kappa shape index (κ3) is 5.23. The van der Waals surface area contributed by atoms with Crippen LogP contribution in [0.5, 0.6) is 5.75 Å². The number of hydrogen-bond donors (Lipinski definition) is 0. The van der Waals surface area contributed by atoms with Crippen LogP contribution in [-0.4, -0.2) is 38.1 Å². The van der Waals surface area contributed by atoms with Crippen LogP contribution in [-0.2, 0) is 4.79 Å². The van der Waals surface area contributed by atoms with E-state index in [0.29, 0.717) is 39.2 Å². The Hall–Kier alpha value is -2.97. The van der Waals surface area contributed by atoms with Crippen LogP contribution in [0, 0.1) is 5.82 Å².